The van der Waals surface area contributed by atoms with Crippen molar-refractivity contribution < 1.29 is 9.53 Å². The fourth-order valence-corrected chi connectivity index (χ4v) is 0.400. The SMILES string of the molecule is CCOC(=O)PN. The number of carbonyl (C=O) groups is 1. The Labute approximate surface area is 44.1 Å². The van der Waals surface area contributed by atoms with Gasteiger partial charge >= 0.3 is 5.71 Å². The van der Waals surface area contributed by atoms with Crippen LogP contribution in [-0.2, 0) is 4.74 Å². The molecular weight excluding hydrogens is 113 g/mol. The smallest absolute Gasteiger partial charge is 0.337 e. The predicted octanol–water partition coefficient (Wildman–Crippen LogP) is 0.695. The van der Waals surface area contributed by atoms with Crippen molar-refractivity contribution in [1.82, 2.24) is 0 Å². The molecule has 0 spiro atoms. The molecule has 0 fully saturated rings. The molecule has 0 aliphatic carbocycles. The molecule has 0 bridgehead atoms. The molecule has 0 saturated carbocycles. The molecule has 4 heteroatoms. The van der Waals surface area contributed by atoms with Crippen LogP contribution in [0.25, 0.3) is 0 Å². The van der Waals surface area contributed by atoms with E-state index in [1.54, 1.807) is 6.92 Å². The van der Waals surface area contributed by atoms with Crippen LogP contribution >= 0.6 is 8.73 Å². The molecule has 0 rings (SSSR count). The highest BCUT2D eigenvalue weighted by Crippen LogP contribution is 1.99. The Bertz CT molecular complexity index is 66.0. The number of hydrogen-bond acceptors (Lipinski definition) is 3. The fraction of sp³-hybridized carbons (Fsp3) is 0.667. The lowest BCUT2D eigenvalue weighted by Crippen LogP contribution is -1.96. The average Bonchev–Trinajstić information content (AvgIpc) is 1.68. The molecular formula is C3H8NO2P. The van der Waals surface area contributed by atoms with Crippen LogP contribution in [0.1, 0.15) is 6.92 Å². The Morgan fingerprint density at radius 1 is 2.00 bits per heavy atom. The van der Waals surface area contributed by atoms with E-state index in [4.69, 9.17) is 5.50 Å². The molecule has 0 aromatic carbocycles. The summed E-state index contributed by atoms with van der Waals surface area (Å²) in [4.78, 5) is 10.1. The molecule has 0 heterocycles. The number of ether oxygens (including phenoxy) is 1. The van der Waals surface area contributed by atoms with Gasteiger partial charge in [0.2, 0.25) is 0 Å². The Morgan fingerprint density at radius 2 is 2.57 bits per heavy atom. The highest BCUT2D eigenvalue weighted by Gasteiger charge is 1.91. The van der Waals surface area contributed by atoms with E-state index in [0.29, 0.717) is 6.61 Å². The molecule has 0 aromatic rings. The van der Waals surface area contributed by atoms with Crippen LogP contribution in [0.5, 0.6) is 0 Å². The Morgan fingerprint density at radius 3 is 2.71 bits per heavy atom. The molecule has 7 heavy (non-hydrogen) atoms. The van der Waals surface area contributed by atoms with Gasteiger partial charge in [0.05, 0.1) is 15.3 Å². The molecule has 3 nitrogen and oxygen atoms in total. The molecule has 1 unspecified atom stereocenters. The third kappa shape index (κ3) is 3.70. The molecule has 2 N–H and O–H groups in total. The first-order chi connectivity index (χ1) is 3.31. The first-order valence-electron chi connectivity index (χ1n) is 1.94. The quantitative estimate of drug-likeness (QED) is 0.547. The van der Waals surface area contributed by atoms with Gasteiger partial charge in [0.25, 0.3) is 0 Å². The minimum atomic E-state index is -0.317. The Kier molecular flexibility index (Phi) is 3.95. The maximum atomic E-state index is 10.1. The summed E-state index contributed by atoms with van der Waals surface area (Å²) in [5, 5.41) is 0. The second-order valence-corrected chi connectivity index (χ2v) is 1.56. The molecule has 0 saturated heterocycles. The molecule has 0 radical (unpaired) electrons. The van der Waals surface area contributed by atoms with Gasteiger partial charge in [0, 0.05) is 0 Å². The predicted molar refractivity (Wildman–Crippen MR) is 29.5 cm³/mol. The van der Waals surface area contributed by atoms with Gasteiger partial charge in [-0.3, -0.25) is 0 Å². The second-order valence-electron chi connectivity index (χ2n) is 0.865. The van der Waals surface area contributed by atoms with Crippen molar-refractivity contribution in [2.75, 3.05) is 6.61 Å². The van der Waals surface area contributed by atoms with Crippen molar-refractivity contribution in [3.05, 3.63) is 0 Å². The van der Waals surface area contributed by atoms with E-state index in [9.17, 15) is 4.79 Å². The molecule has 0 aliphatic heterocycles. The van der Waals surface area contributed by atoms with Crippen molar-refractivity contribution in [2.45, 2.75) is 6.92 Å². The maximum absolute atomic E-state index is 10.1. The molecule has 1 atom stereocenters. The van der Waals surface area contributed by atoms with E-state index in [2.05, 4.69) is 4.74 Å². The van der Waals surface area contributed by atoms with E-state index in [1.165, 1.54) is 0 Å². The van der Waals surface area contributed by atoms with Crippen molar-refractivity contribution in [3.8, 4) is 0 Å². The van der Waals surface area contributed by atoms with Gasteiger partial charge in [0.1, 0.15) is 0 Å². The Balaban J connectivity index is 3.00. The van der Waals surface area contributed by atoms with Crippen LogP contribution in [0.2, 0.25) is 0 Å². The number of hydrogen-bond donors (Lipinski definition) is 1. The summed E-state index contributed by atoms with van der Waals surface area (Å²) in [6, 6.07) is 0. The topological polar surface area (TPSA) is 52.3 Å². The van der Waals surface area contributed by atoms with E-state index in [-0.39, 0.29) is 14.4 Å². The fourth-order valence-electron chi connectivity index (χ4n) is 0.173. The van der Waals surface area contributed by atoms with Crippen LogP contribution < -0.4 is 5.50 Å². The summed E-state index contributed by atoms with van der Waals surface area (Å²) in [6.07, 6.45) is 0. The van der Waals surface area contributed by atoms with Gasteiger partial charge in [-0.05, 0) is 6.92 Å². The number of nitrogens with two attached hydrogens (primary N) is 1. The van der Waals surface area contributed by atoms with Crippen LogP contribution in [-0.4, -0.2) is 12.3 Å². The van der Waals surface area contributed by atoms with Gasteiger partial charge in [-0.15, -0.1) is 0 Å². The standard InChI is InChI=1S/C3H8NO2P/c1-2-6-3(5)7-4/h7H,2,4H2,1H3. The second kappa shape index (κ2) is 4.03. The summed E-state index contributed by atoms with van der Waals surface area (Å²) in [6.45, 7) is 2.17. The van der Waals surface area contributed by atoms with E-state index in [0.717, 1.165) is 0 Å². The van der Waals surface area contributed by atoms with Gasteiger partial charge < -0.3 is 10.2 Å². The largest absolute Gasteiger partial charge is 0.462 e. The summed E-state index contributed by atoms with van der Waals surface area (Å²) < 4.78 is 4.44. The summed E-state index contributed by atoms with van der Waals surface area (Å²) in [5.74, 6) is 0. The normalized spacial score (nSPS) is 10.0. The zero-order valence-corrected chi connectivity index (χ0v) is 5.10. The summed E-state index contributed by atoms with van der Waals surface area (Å²) >= 11 is 0. The average molecular weight is 121 g/mol. The van der Waals surface area contributed by atoms with Crippen molar-refractivity contribution in [3.63, 3.8) is 0 Å². The zero-order chi connectivity index (χ0) is 5.70. The third-order valence-corrected chi connectivity index (χ3v) is 0.773. The minimum Gasteiger partial charge on any atom is -0.462 e. The minimum absolute atomic E-state index is 0.223. The zero-order valence-electron chi connectivity index (χ0n) is 4.10. The van der Waals surface area contributed by atoms with Crippen molar-refractivity contribution in [2.24, 2.45) is 5.50 Å². The molecule has 42 valence electrons. The lowest BCUT2D eigenvalue weighted by atomic mass is 10.9. The van der Waals surface area contributed by atoms with Crippen LogP contribution in [0.3, 0.4) is 0 Å². The van der Waals surface area contributed by atoms with Gasteiger partial charge in [-0.1, -0.05) is 0 Å². The third-order valence-electron chi connectivity index (χ3n) is 0.393. The molecule has 0 aliphatic rings. The highest BCUT2D eigenvalue weighted by molar-refractivity contribution is 7.54. The van der Waals surface area contributed by atoms with Crippen LogP contribution in [0.4, 0.5) is 4.79 Å². The lowest BCUT2D eigenvalue weighted by Gasteiger charge is -1.93. The number of rotatable bonds is 2. The molecule has 0 amide bonds. The monoisotopic (exact) mass is 121 g/mol. The maximum Gasteiger partial charge on any atom is 0.337 e. The first-order valence-corrected chi connectivity index (χ1v) is 3.02. The van der Waals surface area contributed by atoms with Gasteiger partial charge in [-0.25, -0.2) is 4.79 Å². The number of carbonyl (C=O) groups excluding carboxylic acids is 1. The van der Waals surface area contributed by atoms with Crippen LogP contribution in [0.15, 0.2) is 0 Å². The Hall–Kier alpha value is -0.140. The van der Waals surface area contributed by atoms with Crippen molar-refractivity contribution in [1.29, 1.82) is 0 Å². The summed E-state index contributed by atoms with van der Waals surface area (Å²) in [7, 11) is -0.223. The van der Waals surface area contributed by atoms with E-state index >= 15 is 0 Å². The van der Waals surface area contributed by atoms with Gasteiger partial charge in [0.15, 0.2) is 0 Å². The van der Waals surface area contributed by atoms with E-state index < -0.39 is 0 Å². The first kappa shape index (κ1) is 6.86. The lowest BCUT2D eigenvalue weighted by molar-refractivity contribution is 0.180. The van der Waals surface area contributed by atoms with E-state index in [1.807, 2.05) is 0 Å². The van der Waals surface area contributed by atoms with Gasteiger partial charge in [-0.2, -0.15) is 0 Å². The summed E-state index contributed by atoms with van der Waals surface area (Å²) in [5.41, 5.74) is 4.59. The highest BCUT2D eigenvalue weighted by atomic mass is 31.1. The van der Waals surface area contributed by atoms with Crippen LogP contribution in [0, 0.1) is 0 Å². The van der Waals surface area contributed by atoms with Crippen molar-refractivity contribution >= 4 is 14.4 Å². The molecule has 0 aromatic heterocycles.